The maximum atomic E-state index is 11.0. The second-order valence-electron chi connectivity index (χ2n) is 3.51. The Labute approximate surface area is 94.5 Å². The molecule has 0 aliphatic carbocycles. The minimum atomic E-state index is -0.280. The van der Waals surface area contributed by atoms with E-state index in [-0.39, 0.29) is 30.9 Å². The molecule has 0 fully saturated rings. The summed E-state index contributed by atoms with van der Waals surface area (Å²) in [5.74, 6) is -0.348. The molecular formula is C12H16O4. The van der Waals surface area contributed by atoms with E-state index in [2.05, 4.69) is 0 Å². The van der Waals surface area contributed by atoms with Crippen LogP contribution >= 0.6 is 0 Å². The fourth-order valence-corrected chi connectivity index (χ4v) is 1.30. The predicted octanol–water partition coefficient (Wildman–Crippen LogP) is 1.42. The summed E-state index contributed by atoms with van der Waals surface area (Å²) >= 11 is 0. The van der Waals surface area contributed by atoms with Gasteiger partial charge in [0.2, 0.25) is 0 Å². The fourth-order valence-electron chi connectivity index (χ4n) is 1.30. The lowest BCUT2D eigenvalue weighted by atomic mass is 10.0. The first-order chi connectivity index (χ1) is 7.67. The molecule has 88 valence electrons. The Hall–Kier alpha value is -1.55. The number of aliphatic hydroxyl groups is 1. The Morgan fingerprint density at radius 2 is 2.00 bits per heavy atom. The van der Waals surface area contributed by atoms with Crippen LogP contribution in [0.1, 0.15) is 24.8 Å². The third-order valence-corrected chi connectivity index (χ3v) is 2.32. The lowest BCUT2D eigenvalue weighted by molar-refractivity contribution is -0.144. The molecule has 1 atom stereocenters. The van der Waals surface area contributed by atoms with Crippen LogP contribution in [0, 0.1) is 0 Å². The molecule has 0 saturated heterocycles. The molecule has 0 aromatic heterocycles. The molecule has 4 nitrogen and oxygen atoms in total. The number of hydrogen-bond donors (Lipinski definition) is 2. The van der Waals surface area contributed by atoms with Crippen LogP contribution < -0.4 is 0 Å². The third kappa shape index (κ3) is 3.55. The molecule has 0 bridgehead atoms. The first-order valence-corrected chi connectivity index (χ1v) is 5.22. The van der Waals surface area contributed by atoms with Gasteiger partial charge < -0.3 is 14.9 Å². The number of rotatable bonds is 5. The van der Waals surface area contributed by atoms with Crippen LogP contribution in [0.5, 0.6) is 5.75 Å². The van der Waals surface area contributed by atoms with Crippen LogP contribution in [-0.2, 0) is 9.53 Å². The van der Waals surface area contributed by atoms with Crippen LogP contribution in [-0.4, -0.2) is 29.4 Å². The van der Waals surface area contributed by atoms with E-state index in [0.717, 1.165) is 5.56 Å². The molecule has 2 N–H and O–H groups in total. The van der Waals surface area contributed by atoms with Crippen molar-refractivity contribution in [1.29, 1.82) is 0 Å². The van der Waals surface area contributed by atoms with Crippen molar-refractivity contribution in [3.63, 3.8) is 0 Å². The summed E-state index contributed by atoms with van der Waals surface area (Å²) in [6.07, 6.45) is 0.327. The van der Waals surface area contributed by atoms with E-state index in [1.54, 1.807) is 31.2 Å². The van der Waals surface area contributed by atoms with E-state index in [9.17, 15) is 9.90 Å². The summed E-state index contributed by atoms with van der Waals surface area (Å²) in [6, 6.07) is 6.49. The lowest BCUT2D eigenvalue weighted by Crippen LogP contribution is -2.15. The molecule has 16 heavy (non-hydrogen) atoms. The van der Waals surface area contributed by atoms with Gasteiger partial charge >= 0.3 is 5.97 Å². The summed E-state index contributed by atoms with van der Waals surface area (Å²) in [7, 11) is 0. The molecule has 1 unspecified atom stereocenters. The average Bonchev–Trinajstić information content (AvgIpc) is 2.31. The number of benzene rings is 1. The molecule has 0 aliphatic heterocycles. The number of carbonyl (C=O) groups excluding carboxylic acids is 1. The summed E-state index contributed by atoms with van der Waals surface area (Å²) in [6.45, 7) is 1.78. The summed E-state index contributed by atoms with van der Waals surface area (Å²) in [4.78, 5) is 11.0. The van der Waals surface area contributed by atoms with Gasteiger partial charge in [0.05, 0.1) is 6.61 Å². The number of ether oxygens (including phenoxy) is 1. The van der Waals surface area contributed by atoms with Gasteiger partial charge in [-0.25, -0.2) is 0 Å². The van der Waals surface area contributed by atoms with Crippen LogP contribution in [0.15, 0.2) is 24.3 Å². The van der Waals surface area contributed by atoms with Crippen LogP contribution in [0.3, 0.4) is 0 Å². The van der Waals surface area contributed by atoms with E-state index in [1.165, 1.54) is 0 Å². The monoisotopic (exact) mass is 224 g/mol. The van der Waals surface area contributed by atoms with Crippen LogP contribution in [0.4, 0.5) is 0 Å². The number of aromatic hydroxyl groups is 1. The summed E-state index contributed by atoms with van der Waals surface area (Å²) in [5.41, 5.74) is 0.837. The highest BCUT2D eigenvalue weighted by Crippen LogP contribution is 2.19. The van der Waals surface area contributed by atoms with Gasteiger partial charge in [-0.2, -0.15) is 0 Å². The fraction of sp³-hybridized carbons (Fsp3) is 0.417. The number of phenolic OH excluding ortho intramolecular Hbond substituents is 1. The topological polar surface area (TPSA) is 66.8 Å². The van der Waals surface area contributed by atoms with Gasteiger partial charge in [0.1, 0.15) is 12.4 Å². The zero-order valence-corrected chi connectivity index (χ0v) is 9.22. The van der Waals surface area contributed by atoms with Crippen molar-refractivity contribution in [3.8, 4) is 5.75 Å². The summed E-state index contributed by atoms with van der Waals surface area (Å²) in [5, 5.41) is 18.3. The van der Waals surface area contributed by atoms with Gasteiger partial charge in [-0.15, -0.1) is 0 Å². The van der Waals surface area contributed by atoms with Gasteiger partial charge in [-0.05, 0) is 17.7 Å². The molecule has 0 aliphatic rings. The number of aliphatic hydroxyl groups excluding tert-OH is 1. The molecule has 1 aromatic rings. The van der Waals surface area contributed by atoms with E-state index >= 15 is 0 Å². The molecule has 1 rings (SSSR count). The number of hydrogen-bond acceptors (Lipinski definition) is 4. The van der Waals surface area contributed by atoms with Crippen molar-refractivity contribution in [2.75, 3.05) is 13.2 Å². The van der Waals surface area contributed by atoms with E-state index in [0.29, 0.717) is 6.42 Å². The van der Waals surface area contributed by atoms with Gasteiger partial charge in [0.25, 0.3) is 0 Å². The Bertz CT molecular complexity index is 331. The molecule has 0 saturated carbocycles. The van der Waals surface area contributed by atoms with Crippen molar-refractivity contribution in [2.45, 2.75) is 19.3 Å². The first-order valence-electron chi connectivity index (χ1n) is 5.22. The Morgan fingerprint density at radius 3 is 2.50 bits per heavy atom. The van der Waals surface area contributed by atoms with Gasteiger partial charge in [0, 0.05) is 12.3 Å². The molecular weight excluding hydrogens is 208 g/mol. The Kier molecular flexibility index (Phi) is 4.79. The maximum Gasteiger partial charge on any atom is 0.305 e. The van der Waals surface area contributed by atoms with Gasteiger partial charge in [-0.1, -0.05) is 19.1 Å². The van der Waals surface area contributed by atoms with Crippen molar-refractivity contribution < 1.29 is 19.7 Å². The van der Waals surface area contributed by atoms with E-state index in [1.807, 2.05) is 0 Å². The summed E-state index contributed by atoms with van der Waals surface area (Å²) < 4.78 is 4.97. The standard InChI is InChI=1S/C12H16O4/c1-2-12(15)16-8-10(7-13)9-3-5-11(14)6-4-9/h3-6,10,13-14H,2,7-8H2,1H3. The van der Waals surface area contributed by atoms with Crippen LogP contribution in [0.2, 0.25) is 0 Å². The van der Waals surface area contributed by atoms with Crippen LogP contribution in [0.25, 0.3) is 0 Å². The molecule has 1 aromatic carbocycles. The largest absolute Gasteiger partial charge is 0.508 e. The van der Waals surface area contributed by atoms with E-state index in [4.69, 9.17) is 9.84 Å². The molecule has 0 spiro atoms. The lowest BCUT2D eigenvalue weighted by Gasteiger charge is -2.14. The average molecular weight is 224 g/mol. The number of phenols is 1. The van der Waals surface area contributed by atoms with Crippen molar-refractivity contribution in [1.82, 2.24) is 0 Å². The minimum Gasteiger partial charge on any atom is -0.508 e. The zero-order chi connectivity index (χ0) is 12.0. The van der Waals surface area contributed by atoms with Gasteiger partial charge in [-0.3, -0.25) is 4.79 Å². The highest BCUT2D eigenvalue weighted by molar-refractivity contribution is 5.68. The maximum absolute atomic E-state index is 11.0. The zero-order valence-electron chi connectivity index (χ0n) is 9.22. The number of esters is 1. The highest BCUT2D eigenvalue weighted by Gasteiger charge is 2.12. The highest BCUT2D eigenvalue weighted by atomic mass is 16.5. The quantitative estimate of drug-likeness (QED) is 0.742. The SMILES string of the molecule is CCC(=O)OCC(CO)c1ccc(O)cc1. The number of carbonyl (C=O) groups is 1. The minimum absolute atomic E-state index is 0.0955. The predicted molar refractivity (Wildman–Crippen MR) is 59.2 cm³/mol. The smallest absolute Gasteiger partial charge is 0.305 e. The van der Waals surface area contributed by atoms with E-state index < -0.39 is 0 Å². The Morgan fingerprint density at radius 1 is 1.38 bits per heavy atom. The van der Waals surface area contributed by atoms with Crippen molar-refractivity contribution in [2.24, 2.45) is 0 Å². The molecule has 4 heteroatoms. The molecule has 0 heterocycles. The van der Waals surface area contributed by atoms with Gasteiger partial charge in [0.15, 0.2) is 0 Å². The Balaban J connectivity index is 2.60. The third-order valence-electron chi connectivity index (χ3n) is 2.32. The normalized spacial score (nSPS) is 12.1. The second-order valence-corrected chi connectivity index (χ2v) is 3.51. The first kappa shape index (κ1) is 12.5. The molecule has 0 radical (unpaired) electrons. The van der Waals surface area contributed by atoms with Crippen molar-refractivity contribution >= 4 is 5.97 Å². The molecule has 0 amide bonds. The van der Waals surface area contributed by atoms with Crippen molar-refractivity contribution in [3.05, 3.63) is 29.8 Å². The second kappa shape index (κ2) is 6.12.